The van der Waals surface area contributed by atoms with Gasteiger partial charge in [0.05, 0.1) is 31.1 Å². The molecule has 0 aliphatic rings. The smallest absolute Gasteiger partial charge is 0.433 e. The molecule has 0 saturated heterocycles. The van der Waals surface area contributed by atoms with Crippen LogP contribution in [-0.2, 0) is 22.3 Å². The zero-order valence-corrected chi connectivity index (χ0v) is 10.0. The van der Waals surface area contributed by atoms with Crippen molar-refractivity contribution in [2.24, 2.45) is 0 Å². The summed E-state index contributed by atoms with van der Waals surface area (Å²) >= 11 is 0. The van der Waals surface area contributed by atoms with E-state index in [1.54, 1.807) is 0 Å². The van der Waals surface area contributed by atoms with Crippen molar-refractivity contribution < 1.29 is 32.5 Å². The Kier molecular flexibility index (Phi) is 5.25. The van der Waals surface area contributed by atoms with Gasteiger partial charge in [-0.2, -0.15) is 13.2 Å². The third kappa shape index (κ3) is 4.49. The number of aromatic nitrogens is 1. The lowest BCUT2D eigenvalue weighted by Crippen LogP contribution is -2.14. The molecule has 0 amide bonds. The van der Waals surface area contributed by atoms with Gasteiger partial charge in [0, 0.05) is 7.11 Å². The maximum absolute atomic E-state index is 12.5. The maximum Gasteiger partial charge on any atom is 0.433 e. The number of carbonyl (C=O) groups is 1. The number of nitrogens with zero attached hydrogens (tertiary/aromatic N) is 1. The molecule has 1 aromatic rings. The average molecular weight is 279 g/mol. The summed E-state index contributed by atoms with van der Waals surface area (Å²) in [6, 6.07) is 1.50. The van der Waals surface area contributed by atoms with Gasteiger partial charge in [0.1, 0.15) is 5.69 Å². The fourth-order valence-electron chi connectivity index (χ4n) is 1.28. The molecule has 0 bridgehead atoms. The van der Waals surface area contributed by atoms with Crippen molar-refractivity contribution in [2.45, 2.75) is 12.8 Å². The van der Waals surface area contributed by atoms with E-state index in [2.05, 4.69) is 4.98 Å². The topological polar surface area (TPSA) is 68.7 Å². The first kappa shape index (κ1) is 15.4. The van der Waals surface area contributed by atoms with Crippen LogP contribution in [0.3, 0.4) is 0 Å². The van der Waals surface area contributed by atoms with Crippen LogP contribution in [-0.4, -0.2) is 36.4 Å². The fourth-order valence-corrected chi connectivity index (χ4v) is 1.28. The summed E-state index contributed by atoms with van der Waals surface area (Å²) in [6.45, 7) is 0.0593. The molecule has 106 valence electrons. The second-order valence-electron chi connectivity index (χ2n) is 3.54. The number of pyridine rings is 1. The number of alkyl halides is 3. The zero-order chi connectivity index (χ0) is 14.5. The second kappa shape index (κ2) is 6.48. The molecule has 1 N–H and O–H groups in total. The van der Waals surface area contributed by atoms with Gasteiger partial charge in [-0.1, -0.05) is 0 Å². The highest BCUT2D eigenvalue weighted by atomic mass is 19.4. The summed E-state index contributed by atoms with van der Waals surface area (Å²) in [5.74, 6) is -1.36. The van der Waals surface area contributed by atoms with E-state index in [1.807, 2.05) is 0 Å². The Labute approximate surface area is 107 Å². The molecule has 0 saturated carbocycles. The minimum atomic E-state index is -4.63. The summed E-state index contributed by atoms with van der Waals surface area (Å²) < 4.78 is 47.1. The molecule has 0 aromatic carbocycles. The molecule has 0 atom stereocenters. The first-order valence-corrected chi connectivity index (χ1v) is 5.23. The highest BCUT2D eigenvalue weighted by molar-refractivity contribution is 5.88. The maximum atomic E-state index is 12.5. The van der Waals surface area contributed by atoms with Crippen molar-refractivity contribution in [3.8, 4) is 0 Å². The lowest BCUT2D eigenvalue weighted by atomic mass is 10.1. The van der Waals surface area contributed by atoms with Gasteiger partial charge in [-0.15, -0.1) is 0 Å². The van der Waals surface area contributed by atoms with E-state index in [0.717, 1.165) is 6.07 Å². The number of hydrogen-bond donors (Lipinski definition) is 1. The molecule has 1 aromatic heterocycles. The van der Waals surface area contributed by atoms with Crippen molar-refractivity contribution in [1.82, 2.24) is 4.98 Å². The van der Waals surface area contributed by atoms with Crippen LogP contribution in [0.1, 0.15) is 21.7 Å². The average Bonchev–Trinajstić information content (AvgIpc) is 2.33. The predicted molar refractivity (Wildman–Crippen MR) is 57.7 cm³/mol. The molecule has 0 aliphatic heterocycles. The fraction of sp³-hybridized carbons (Fsp3) is 0.455. The quantitative estimate of drug-likeness (QED) is 0.806. The lowest BCUT2D eigenvalue weighted by molar-refractivity contribution is -0.141. The van der Waals surface area contributed by atoms with Crippen LogP contribution in [0.15, 0.2) is 12.1 Å². The van der Waals surface area contributed by atoms with Crippen molar-refractivity contribution in [3.05, 3.63) is 29.1 Å². The third-order valence-electron chi connectivity index (χ3n) is 2.17. The molecule has 1 heterocycles. The van der Waals surface area contributed by atoms with Gasteiger partial charge < -0.3 is 14.6 Å². The van der Waals surface area contributed by atoms with Gasteiger partial charge in [-0.05, 0) is 12.1 Å². The molecule has 0 fully saturated rings. The minimum absolute atomic E-state index is 0.132. The van der Waals surface area contributed by atoms with Crippen LogP contribution in [0.5, 0.6) is 0 Å². The first-order valence-electron chi connectivity index (χ1n) is 5.23. The molecule has 0 unspecified atom stereocenters. The van der Waals surface area contributed by atoms with Crippen LogP contribution >= 0.6 is 0 Å². The molecule has 8 heteroatoms. The minimum Gasteiger partial charge on any atom is -0.478 e. The Hall–Kier alpha value is -1.67. The van der Waals surface area contributed by atoms with Crippen molar-refractivity contribution in [2.75, 3.05) is 20.3 Å². The molecule has 5 nitrogen and oxygen atoms in total. The molecule has 19 heavy (non-hydrogen) atoms. The number of rotatable bonds is 6. The normalized spacial score (nSPS) is 11.6. The Morgan fingerprint density at radius 3 is 2.58 bits per heavy atom. The van der Waals surface area contributed by atoms with E-state index in [0.29, 0.717) is 6.07 Å². The van der Waals surface area contributed by atoms with Gasteiger partial charge in [-0.25, -0.2) is 9.78 Å². The molecular weight excluding hydrogens is 267 g/mol. The molecule has 0 aliphatic carbocycles. The first-order chi connectivity index (χ1) is 8.86. The van der Waals surface area contributed by atoms with E-state index in [9.17, 15) is 18.0 Å². The highest BCUT2D eigenvalue weighted by Gasteiger charge is 2.33. The van der Waals surface area contributed by atoms with Gasteiger partial charge in [-0.3, -0.25) is 0 Å². The van der Waals surface area contributed by atoms with E-state index in [4.69, 9.17) is 14.6 Å². The third-order valence-corrected chi connectivity index (χ3v) is 2.17. The zero-order valence-electron chi connectivity index (χ0n) is 10.0. The largest absolute Gasteiger partial charge is 0.478 e. The number of carboxylic acid groups (broad SMARTS) is 1. The number of halogens is 3. The highest BCUT2D eigenvalue weighted by Crippen LogP contribution is 2.28. The Bertz CT molecular complexity index is 448. The lowest BCUT2D eigenvalue weighted by Gasteiger charge is -2.10. The molecular formula is C11H12F3NO4. The van der Waals surface area contributed by atoms with Crippen LogP contribution in [0, 0.1) is 0 Å². The van der Waals surface area contributed by atoms with Crippen molar-refractivity contribution in [3.63, 3.8) is 0 Å². The Morgan fingerprint density at radius 2 is 2.05 bits per heavy atom. The second-order valence-corrected chi connectivity index (χ2v) is 3.54. The van der Waals surface area contributed by atoms with Crippen LogP contribution in [0.4, 0.5) is 13.2 Å². The number of hydrogen-bond acceptors (Lipinski definition) is 4. The SMILES string of the molecule is COCCOCc1nc(C(F)(F)F)ccc1C(=O)O. The summed E-state index contributed by atoms with van der Waals surface area (Å²) in [7, 11) is 1.44. The summed E-state index contributed by atoms with van der Waals surface area (Å²) in [4.78, 5) is 14.2. The van der Waals surface area contributed by atoms with E-state index >= 15 is 0 Å². The summed E-state index contributed by atoms with van der Waals surface area (Å²) in [6.07, 6.45) is -4.63. The van der Waals surface area contributed by atoms with Gasteiger partial charge >= 0.3 is 12.1 Å². The number of carboxylic acids is 1. The van der Waals surface area contributed by atoms with Crippen molar-refractivity contribution in [1.29, 1.82) is 0 Å². The molecule has 0 spiro atoms. The number of methoxy groups -OCH3 is 1. The predicted octanol–water partition coefficient (Wildman–Crippen LogP) is 1.96. The van der Waals surface area contributed by atoms with Crippen LogP contribution < -0.4 is 0 Å². The van der Waals surface area contributed by atoms with Gasteiger partial charge in [0.25, 0.3) is 0 Å². The van der Waals surface area contributed by atoms with Crippen LogP contribution in [0.2, 0.25) is 0 Å². The monoisotopic (exact) mass is 279 g/mol. The number of ether oxygens (including phenoxy) is 2. The van der Waals surface area contributed by atoms with Crippen molar-refractivity contribution >= 4 is 5.97 Å². The van der Waals surface area contributed by atoms with Gasteiger partial charge in [0.15, 0.2) is 0 Å². The van der Waals surface area contributed by atoms with E-state index < -0.39 is 17.8 Å². The number of aromatic carboxylic acids is 1. The van der Waals surface area contributed by atoms with Crippen LogP contribution in [0.25, 0.3) is 0 Å². The van der Waals surface area contributed by atoms with E-state index in [1.165, 1.54) is 7.11 Å². The van der Waals surface area contributed by atoms with E-state index in [-0.39, 0.29) is 31.1 Å². The Morgan fingerprint density at radius 1 is 1.37 bits per heavy atom. The Balaban J connectivity index is 2.93. The summed E-state index contributed by atoms with van der Waals surface area (Å²) in [5, 5.41) is 8.86. The molecule has 0 radical (unpaired) electrons. The standard InChI is InChI=1S/C11H12F3NO4/c1-18-4-5-19-6-8-7(10(16)17)2-3-9(15-8)11(12,13)14/h2-3H,4-6H2,1H3,(H,16,17). The summed E-state index contributed by atoms with van der Waals surface area (Å²) in [5.41, 5.74) is -1.73. The van der Waals surface area contributed by atoms with Gasteiger partial charge in [0.2, 0.25) is 0 Å². The molecule has 1 rings (SSSR count).